The Hall–Kier alpha value is -2.94. The van der Waals surface area contributed by atoms with Crippen molar-refractivity contribution in [2.45, 2.75) is 12.4 Å². The summed E-state index contributed by atoms with van der Waals surface area (Å²) in [5.74, 6) is 0.234. The molecule has 152 valence electrons. The van der Waals surface area contributed by atoms with Crippen molar-refractivity contribution in [1.82, 2.24) is 10.2 Å². The van der Waals surface area contributed by atoms with Gasteiger partial charge in [-0.15, -0.1) is 13.2 Å². The van der Waals surface area contributed by atoms with E-state index in [1.165, 1.54) is 18.2 Å². The number of carbonyl (C=O) groups is 1. The van der Waals surface area contributed by atoms with Gasteiger partial charge in [0.25, 0.3) is 0 Å². The molecule has 2 amide bonds. The van der Waals surface area contributed by atoms with Crippen molar-refractivity contribution in [1.29, 1.82) is 0 Å². The Kier molecular flexibility index (Phi) is 7.11. The Labute approximate surface area is 161 Å². The summed E-state index contributed by atoms with van der Waals surface area (Å²) in [6, 6.07) is 12.0. The monoisotopic (exact) mass is 397 g/mol. The first-order chi connectivity index (χ1) is 13.2. The lowest BCUT2D eigenvalue weighted by atomic mass is 10.1. The van der Waals surface area contributed by atoms with Crippen LogP contribution in [-0.4, -0.2) is 45.0 Å². The standard InChI is InChI=1S/C19H22F3N3O3/c1-25(2)16(13-8-10-14(27-3)11-9-13)12-23-18(26)24-15-6-4-5-7-17(15)28-19(20,21)22/h4-11,16H,12H2,1-3H3,(H2,23,24,26). The topological polar surface area (TPSA) is 62.8 Å². The molecular formula is C19H22F3N3O3. The summed E-state index contributed by atoms with van der Waals surface area (Å²) >= 11 is 0. The van der Waals surface area contributed by atoms with Crippen LogP contribution in [0.3, 0.4) is 0 Å². The molecule has 0 aliphatic carbocycles. The molecule has 2 rings (SSSR count). The van der Waals surface area contributed by atoms with E-state index in [0.717, 1.165) is 11.6 Å². The number of hydrogen-bond donors (Lipinski definition) is 2. The second kappa shape index (κ2) is 9.32. The van der Waals surface area contributed by atoms with E-state index in [9.17, 15) is 18.0 Å². The second-order valence-corrected chi connectivity index (χ2v) is 6.13. The van der Waals surface area contributed by atoms with Gasteiger partial charge in [0.15, 0.2) is 5.75 Å². The zero-order valence-corrected chi connectivity index (χ0v) is 15.7. The van der Waals surface area contributed by atoms with Gasteiger partial charge in [-0.05, 0) is 43.9 Å². The Balaban J connectivity index is 2.02. The highest BCUT2D eigenvalue weighted by Gasteiger charge is 2.32. The summed E-state index contributed by atoms with van der Waals surface area (Å²) < 4.78 is 46.5. The normalized spacial score (nSPS) is 12.4. The Morgan fingerprint density at radius 1 is 1.11 bits per heavy atom. The average Bonchev–Trinajstić information content (AvgIpc) is 2.62. The number of methoxy groups -OCH3 is 1. The van der Waals surface area contributed by atoms with Crippen LogP contribution in [0, 0.1) is 0 Å². The highest BCUT2D eigenvalue weighted by molar-refractivity contribution is 5.90. The number of likely N-dealkylation sites (N-methyl/N-ethyl adjacent to an activating group) is 1. The lowest BCUT2D eigenvalue weighted by molar-refractivity contribution is -0.274. The smallest absolute Gasteiger partial charge is 0.497 e. The van der Waals surface area contributed by atoms with Gasteiger partial charge >= 0.3 is 12.4 Å². The third-order valence-electron chi connectivity index (χ3n) is 3.94. The summed E-state index contributed by atoms with van der Waals surface area (Å²) in [4.78, 5) is 14.1. The third-order valence-corrected chi connectivity index (χ3v) is 3.94. The van der Waals surface area contributed by atoms with Crippen molar-refractivity contribution in [3.05, 3.63) is 54.1 Å². The number of alkyl halides is 3. The highest BCUT2D eigenvalue weighted by Crippen LogP contribution is 2.29. The molecule has 9 heteroatoms. The number of halogens is 3. The van der Waals surface area contributed by atoms with Gasteiger partial charge in [0.2, 0.25) is 0 Å². The van der Waals surface area contributed by atoms with Crippen molar-refractivity contribution in [3.8, 4) is 11.5 Å². The van der Waals surface area contributed by atoms with E-state index >= 15 is 0 Å². The fraction of sp³-hybridized carbons (Fsp3) is 0.316. The number of carbonyl (C=O) groups excluding carboxylic acids is 1. The molecule has 0 heterocycles. The van der Waals surface area contributed by atoms with Gasteiger partial charge in [0.05, 0.1) is 18.8 Å². The minimum atomic E-state index is -4.85. The van der Waals surface area contributed by atoms with Crippen LogP contribution in [0.25, 0.3) is 0 Å². The van der Waals surface area contributed by atoms with Crippen molar-refractivity contribution in [2.24, 2.45) is 0 Å². The van der Waals surface area contributed by atoms with Gasteiger partial charge in [-0.1, -0.05) is 24.3 Å². The molecule has 0 spiro atoms. The molecule has 0 aliphatic rings. The molecule has 0 saturated heterocycles. The van der Waals surface area contributed by atoms with Gasteiger partial charge in [0.1, 0.15) is 5.75 Å². The fourth-order valence-electron chi connectivity index (χ4n) is 2.56. The van der Waals surface area contributed by atoms with Gasteiger partial charge in [-0.2, -0.15) is 0 Å². The van der Waals surface area contributed by atoms with Gasteiger partial charge in [-0.3, -0.25) is 0 Å². The number of ether oxygens (including phenoxy) is 2. The Morgan fingerprint density at radius 2 is 1.75 bits per heavy atom. The molecular weight excluding hydrogens is 375 g/mol. The molecule has 0 radical (unpaired) electrons. The second-order valence-electron chi connectivity index (χ2n) is 6.13. The number of amides is 2. The van der Waals surface area contributed by atoms with Gasteiger partial charge in [-0.25, -0.2) is 4.79 Å². The zero-order chi connectivity index (χ0) is 20.7. The van der Waals surface area contributed by atoms with Crippen LogP contribution in [0.15, 0.2) is 48.5 Å². The number of rotatable bonds is 7. The zero-order valence-electron chi connectivity index (χ0n) is 15.7. The van der Waals surface area contributed by atoms with Crippen LogP contribution in [0.5, 0.6) is 11.5 Å². The number of nitrogens with zero attached hydrogens (tertiary/aromatic N) is 1. The van der Waals surface area contributed by atoms with Crippen LogP contribution >= 0.6 is 0 Å². The average molecular weight is 397 g/mol. The predicted octanol–water partition coefficient (Wildman–Crippen LogP) is 4.02. The summed E-state index contributed by atoms with van der Waals surface area (Å²) in [7, 11) is 5.30. The molecule has 2 aromatic carbocycles. The van der Waals surface area contributed by atoms with Crippen molar-refractivity contribution in [3.63, 3.8) is 0 Å². The maximum Gasteiger partial charge on any atom is 0.573 e. The summed E-state index contributed by atoms with van der Waals surface area (Å²) in [5, 5.41) is 5.05. The molecule has 28 heavy (non-hydrogen) atoms. The first-order valence-electron chi connectivity index (χ1n) is 8.39. The minimum absolute atomic E-state index is 0.0804. The molecule has 6 nitrogen and oxygen atoms in total. The van der Waals surface area contributed by atoms with Crippen LogP contribution in [-0.2, 0) is 0 Å². The van der Waals surface area contributed by atoms with Gasteiger partial charge in [0, 0.05) is 6.54 Å². The minimum Gasteiger partial charge on any atom is -0.497 e. The largest absolute Gasteiger partial charge is 0.573 e. The molecule has 0 fully saturated rings. The van der Waals surface area contributed by atoms with Crippen molar-refractivity contribution < 1.29 is 27.4 Å². The van der Waals surface area contributed by atoms with E-state index in [-0.39, 0.29) is 18.3 Å². The van der Waals surface area contributed by atoms with Gasteiger partial charge < -0.3 is 25.0 Å². The molecule has 1 unspecified atom stereocenters. The molecule has 2 aromatic rings. The lowest BCUT2D eigenvalue weighted by Gasteiger charge is -2.25. The molecule has 0 bridgehead atoms. The van der Waals surface area contributed by atoms with E-state index in [0.29, 0.717) is 5.75 Å². The molecule has 0 aliphatic heterocycles. The SMILES string of the molecule is COc1ccc(C(CNC(=O)Nc2ccccc2OC(F)(F)F)N(C)C)cc1. The Bertz CT molecular complexity index is 780. The number of benzene rings is 2. The number of nitrogens with one attached hydrogen (secondary N) is 2. The molecule has 0 saturated carbocycles. The van der Waals surface area contributed by atoms with Crippen molar-refractivity contribution >= 4 is 11.7 Å². The fourth-order valence-corrected chi connectivity index (χ4v) is 2.56. The molecule has 2 N–H and O–H groups in total. The summed E-state index contributed by atoms with van der Waals surface area (Å²) in [6.45, 7) is 0.244. The number of anilines is 1. The van der Waals surface area contributed by atoms with Crippen LogP contribution in [0.2, 0.25) is 0 Å². The first kappa shape index (κ1) is 21.4. The predicted molar refractivity (Wildman–Crippen MR) is 99.6 cm³/mol. The lowest BCUT2D eigenvalue weighted by Crippen LogP contribution is -2.37. The van der Waals surface area contributed by atoms with Crippen molar-refractivity contribution in [2.75, 3.05) is 33.1 Å². The van der Waals surface area contributed by atoms with Crippen LogP contribution in [0.1, 0.15) is 11.6 Å². The number of urea groups is 1. The summed E-state index contributed by atoms with van der Waals surface area (Å²) in [5.41, 5.74) is 0.870. The number of para-hydroxylation sites is 2. The summed E-state index contributed by atoms with van der Waals surface area (Å²) in [6.07, 6.45) is -4.85. The van der Waals surface area contributed by atoms with E-state index in [4.69, 9.17) is 4.74 Å². The molecule has 0 aromatic heterocycles. The van der Waals surface area contributed by atoms with E-state index in [2.05, 4.69) is 15.4 Å². The van der Waals surface area contributed by atoms with Crippen LogP contribution in [0.4, 0.5) is 23.7 Å². The first-order valence-corrected chi connectivity index (χ1v) is 8.39. The quantitative estimate of drug-likeness (QED) is 0.741. The number of hydrogen-bond acceptors (Lipinski definition) is 4. The van der Waals surface area contributed by atoms with E-state index in [1.54, 1.807) is 7.11 Å². The highest BCUT2D eigenvalue weighted by atomic mass is 19.4. The van der Waals surface area contributed by atoms with Crippen LogP contribution < -0.4 is 20.1 Å². The maximum absolute atomic E-state index is 12.5. The Morgan fingerprint density at radius 3 is 2.32 bits per heavy atom. The molecule has 1 atom stereocenters. The third kappa shape index (κ3) is 6.34. The maximum atomic E-state index is 12.5. The van der Waals surface area contributed by atoms with E-state index in [1.807, 2.05) is 43.3 Å². The van der Waals surface area contributed by atoms with E-state index < -0.39 is 18.1 Å².